The van der Waals surface area contributed by atoms with Crippen molar-refractivity contribution in [2.45, 2.75) is 9.79 Å². The van der Waals surface area contributed by atoms with Crippen LogP contribution in [-0.4, -0.2) is 28.9 Å². The Morgan fingerprint density at radius 1 is 0.481 bits per heavy atom. The predicted molar refractivity (Wildman–Crippen MR) is 205 cm³/mol. The number of nitrogens with one attached hydrogen (secondary N) is 4. The molecule has 0 radical (unpaired) electrons. The van der Waals surface area contributed by atoms with E-state index < -0.39 is 20.0 Å². The summed E-state index contributed by atoms with van der Waals surface area (Å²) < 4.78 is 53.4. The Morgan fingerprint density at radius 3 is 1.25 bits per heavy atom. The van der Waals surface area contributed by atoms with Crippen LogP contribution in [-0.2, 0) is 24.8 Å². The molecule has 6 N–H and O–H groups in total. The first-order chi connectivity index (χ1) is 25.0. The SMILES string of the molecule is Nc1ccc(NS(=O)(=O)c2ccccc2)cc1.O=C(Nc1ccccc1)Nc1ccc(NS(=O)(=O)c2ccccc2)cc1.O=C=Nc1ccccc1. The van der Waals surface area contributed by atoms with Gasteiger partial charge in [0, 0.05) is 28.4 Å². The Labute approximate surface area is 302 Å². The van der Waals surface area contributed by atoms with Crippen LogP contribution in [0.5, 0.6) is 0 Å². The molecule has 14 heteroatoms. The quantitative estimate of drug-likeness (QED) is 0.0568. The average Bonchev–Trinajstić information content (AvgIpc) is 3.15. The van der Waals surface area contributed by atoms with E-state index in [-0.39, 0.29) is 15.8 Å². The number of hydrogen-bond acceptors (Lipinski definition) is 8. The third-order valence-corrected chi connectivity index (χ3v) is 9.42. The summed E-state index contributed by atoms with van der Waals surface area (Å²) in [5.41, 5.74) is 8.88. The second-order valence-corrected chi connectivity index (χ2v) is 13.9. The lowest BCUT2D eigenvalue weighted by Crippen LogP contribution is -2.19. The summed E-state index contributed by atoms with van der Waals surface area (Å²) in [6.45, 7) is 0. The van der Waals surface area contributed by atoms with Gasteiger partial charge in [0.15, 0.2) is 0 Å². The Bertz CT molecular complexity index is 2270. The van der Waals surface area contributed by atoms with Gasteiger partial charge in [0.25, 0.3) is 20.0 Å². The van der Waals surface area contributed by atoms with Crippen LogP contribution in [0.3, 0.4) is 0 Å². The van der Waals surface area contributed by atoms with Gasteiger partial charge in [-0.1, -0.05) is 72.8 Å². The van der Waals surface area contributed by atoms with E-state index in [4.69, 9.17) is 5.73 Å². The zero-order valence-corrected chi connectivity index (χ0v) is 29.1. The summed E-state index contributed by atoms with van der Waals surface area (Å²) in [5, 5.41) is 5.39. The van der Waals surface area contributed by atoms with Gasteiger partial charge in [0.1, 0.15) is 0 Å². The molecule has 0 aliphatic carbocycles. The van der Waals surface area contributed by atoms with E-state index in [1.165, 1.54) is 18.2 Å². The zero-order chi connectivity index (χ0) is 37.2. The number of para-hydroxylation sites is 2. The fourth-order valence-electron chi connectivity index (χ4n) is 4.17. The first kappa shape index (κ1) is 38.1. The van der Waals surface area contributed by atoms with Crippen molar-refractivity contribution >= 4 is 66.3 Å². The normalized spacial score (nSPS) is 10.4. The average molecular weight is 735 g/mol. The lowest BCUT2D eigenvalue weighted by molar-refractivity contribution is 0.262. The van der Waals surface area contributed by atoms with Gasteiger partial charge in [0.05, 0.1) is 15.5 Å². The molecule has 6 rings (SSSR count). The van der Waals surface area contributed by atoms with Gasteiger partial charge in [0.2, 0.25) is 6.08 Å². The smallest absolute Gasteiger partial charge is 0.323 e. The van der Waals surface area contributed by atoms with Crippen LogP contribution >= 0.6 is 0 Å². The second-order valence-electron chi connectivity index (χ2n) is 10.5. The number of rotatable bonds is 9. The van der Waals surface area contributed by atoms with Gasteiger partial charge >= 0.3 is 6.03 Å². The van der Waals surface area contributed by atoms with Crippen LogP contribution in [0, 0.1) is 0 Å². The maximum Gasteiger partial charge on any atom is 0.323 e. The van der Waals surface area contributed by atoms with Crippen LogP contribution in [0.1, 0.15) is 0 Å². The number of carbonyl (C=O) groups is 1. The van der Waals surface area contributed by atoms with Gasteiger partial charge in [-0.15, -0.1) is 0 Å². The summed E-state index contributed by atoms with van der Waals surface area (Å²) in [7, 11) is -7.16. The topological polar surface area (TPSA) is 189 Å². The molecule has 0 fully saturated rings. The van der Waals surface area contributed by atoms with E-state index in [0.717, 1.165) is 0 Å². The highest BCUT2D eigenvalue weighted by atomic mass is 32.2. The van der Waals surface area contributed by atoms with E-state index in [0.29, 0.717) is 34.1 Å². The number of anilines is 5. The Kier molecular flexibility index (Phi) is 13.8. The van der Waals surface area contributed by atoms with Gasteiger partial charge in [-0.05, 0) is 97.1 Å². The monoisotopic (exact) mass is 734 g/mol. The molecule has 12 nitrogen and oxygen atoms in total. The number of aliphatic imine (C=N–C) groups is 1. The minimum Gasteiger partial charge on any atom is -0.399 e. The number of amides is 2. The molecular formula is C38H34N6O6S2. The number of nitrogen functional groups attached to an aromatic ring is 1. The Balaban J connectivity index is 0.000000198. The minimum absolute atomic E-state index is 0.185. The summed E-state index contributed by atoms with van der Waals surface area (Å²) in [6.07, 6.45) is 1.46. The van der Waals surface area contributed by atoms with E-state index in [2.05, 4.69) is 25.1 Å². The molecule has 0 aliphatic rings. The third kappa shape index (κ3) is 12.6. The highest BCUT2D eigenvalue weighted by Crippen LogP contribution is 2.19. The molecule has 264 valence electrons. The number of isocyanates is 1. The van der Waals surface area contributed by atoms with Gasteiger partial charge in [-0.2, -0.15) is 4.99 Å². The molecule has 0 bridgehead atoms. The number of carbonyl (C=O) groups excluding carboxylic acids is 2. The van der Waals surface area contributed by atoms with Crippen LogP contribution in [0.25, 0.3) is 0 Å². The molecule has 6 aromatic carbocycles. The van der Waals surface area contributed by atoms with Crippen LogP contribution in [0.4, 0.5) is 38.9 Å². The maximum absolute atomic E-state index is 12.3. The highest BCUT2D eigenvalue weighted by Gasteiger charge is 2.14. The Morgan fingerprint density at radius 2 is 0.827 bits per heavy atom. The van der Waals surface area contributed by atoms with Crippen molar-refractivity contribution in [3.05, 3.63) is 170 Å². The number of nitrogens with zero attached hydrogens (tertiary/aromatic N) is 1. The van der Waals surface area contributed by atoms with Crippen molar-refractivity contribution in [3.63, 3.8) is 0 Å². The molecule has 0 atom stereocenters. The van der Waals surface area contributed by atoms with Crippen molar-refractivity contribution in [2.24, 2.45) is 4.99 Å². The van der Waals surface area contributed by atoms with Crippen molar-refractivity contribution in [1.82, 2.24) is 0 Å². The van der Waals surface area contributed by atoms with E-state index >= 15 is 0 Å². The van der Waals surface area contributed by atoms with Crippen molar-refractivity contribution < 1.29 is 26.4 Å². The van der Waals surface area contributed by atoms with Crippen LogP contribution in [0.2, 0.25) is 0 Å². The Hall–Kier alpha value is -6.73. The number of sulfonamides is 2. The second kappa shape index (κ2) is 18.9. The van der Waals surface area contributed by atoms with Gasteiger partial charge in [-0.3, -0.25) is 9.44 Å². The fourth-order valence-corrected chi connectivity index (χ4v) is 6.33. The lowest BCUT2D eigenvalue weighted by atomic mass is 10.3. The van der Waals surface area contributed by atoms with Crippen LogP contribution < -0.4 is 25.8 Å². The zero-order valence-electron chi connectivity index (χ0n) is 27.5. The first-order valence-corrected chi connectivity index (χ1v) is 18.4. The number of benzene rings is 6. The first-order valence-electron chi connectivity index (χ1n) is 15.4. The molecule has 0 saturated heterocycles. The standard InChI is InChI=1S/C19H17N3O3S.C12H12N2O2S.C7H5NO/c23-19(20-15-7-3-1-4-8-15)21-16-11-13-17(14-12-16)22-26(24,25)18-9-5-2-6-10-18;13-10-6-8-11(9-7-10)14-17(15,16)12-4-2-1-3-5-12;9-6-8-7-4-2-1-3-5-7/h1-14,22H,(H2,20,21,23);1-9,14H,13H2;1-5H. The summed E-state index contributed by atoms with van der Waals surface area (Å²) >= 11 is 0. The number of urea groups is 1. The molecule has 52 heavy (non-hydrogen) atoms. The minimum atomic E-state index is -3.64. The fraction of sp³-hybridized carbons (Fsp3) is 0. The molecule has 0 heterocycles. The summed E-state index contributed by atoms with van der Waals surface area (Å²) in [6, 6.07) is 46.9. The van der Waals surface area contributed by atoms with Gasteiger partial charge in [-0.25, -0.2) is 26.4 Å². The summed E-state index contributed by atoms with van der Waals surface area (Å²) in [4.78, 5) is 25.4. The largest absolute Gasteiger partial charge is 0.399 e. The predicted octanol–water partition coefficient (Wildman–Crippen LogP) is 7.85. The summed E-state index contributed by atoms with van der Waals surface area (Å²) in [5.74, 6) is 0. The molecule has 2 amide bonds. The van der Waals surface area contributed by atoms with Crippen LogP contribution in [0.15, 0.2) is 185 Å². The number of hydrogen-bond donors (Lipinski definition) is 5. The highest BCUT2D eigenvalue weighted by molar-refractivity contribution is 7.93. The molecule has 0 unspecified atom stereocenters. The lowest BCUT2D eigenvalue weighted by Gasteiger charge is -2.10. The molecule has 0 spiro atoms. The van der Waals surface area contributed by atoms with Crippen molar-refractivity contribution in [3.8, 4) is 0 Å². The van der Waals surface area contributed by atoms with Crippen molar-refractivity contribution in [1.29, 1.82) is 0 Å². The van der Waals surface area contributed by atoms with E-state index in [9.17, 15) is 26.4 Å². The van der Waals surface area contributed by atoms with E-state index in [1.54, 1.807) is 121 Å². The third-order valence-electron chi connectivity index (χ3n) is 6.63. The van der Waals surface area contributed by atoms with Crippen molar-refractivity contribution in [2.75, 3.05) is 25.8 Å². The van der Waals surface area contributed by atoms with E-state index in [1.807, 2.05) is 36.4 Å². The molecule has 0 aliphatic heterocycles. The molecule has 0 aromatic heterocycles. The molecule has 0 saturated carbocycles. The molecule has 6 aromatic rings. The van der Waals surface area contributed by atoms with Gasteiger partial charge < -0.3 is 16.4 Å². The maximum atomic E-state index is 12.3. The number of nitrogens with two attached hydrogens (primary N) is 1. The molecular weight excluding hydrogens is 701 g/mol.